The van der Waals surface area contributed by atoms with Gasteiger partial charge in [0.15, 0.2) is 0 Å². The number of unbranched alkanes of at least 4 members (excludes halogenated alkanes) is 55. The highest BCUT2D eigenvalue weighted by Gasteiger charge is 2.28. The van der Waals surface area contributed by atoms with Crippen molar-refractivity contribution in [2.75, 3.05) is 6.61 Å². The molecule has 470 valence electrons. The van der Waals surface area contributed by atoms with Gasteiger partial charge in [-0.05, 0) is 51.4 Å². The summed E-state index contributed by atoms with van der Waals surface area (Å²) in [5.74, 6) is -0.589. The predicted molar refractivity (Wildman–Crippen MR) is 348 cm³/mol. The van der Waals surface area contributed by atoms with Gasteiger partial charge in [0.1, 0.15) is 12.2 Å². The Labute approximate surface area is 495 Å². The molecular formula is C73H143NO5. The van der Waals surface area contributed by atoms with E-state index in [0.717, 1.165) is 38.5 Å². The maximum atomic E-state index is 12.7. The molecule has 0 fully saturated rings. The molecule has 5 N–H and O–H groups in total. The number of aliphatic hydroxyl groups is 4. The SMILES string of the molecule is CCCCCCCCCCCCCCCCCC/C=C/CC/C=C/CCCC(O)C(O)C(CO)NC(=O)C(O)CCCCCCCCCCCCCCCCCCCCCCCCCCCCCCCCCCCCCCCC. The Hall–Kier alpha value is -1.21. The Morgan fingerprint density at radius 3 is 0.797 bits per heavy atom. The van der Waals surface area contributed by atoms with Crippen molar-refractivity contribution in [1.82, 2.24) is 5.32 Å². The standard InChI is InChI=1S/C73H143NO5/c1-3-5-7-9-11-13-15-17-19-21-23-25-27-29-30-31-32-33-34-35-36-37-38-39-40-41-43-45-47-49-51-53-55-57-59-61-63-65-67-71(77)73(79)74-69(68-75)72(78)70(76)66-64-62-60-58-56-54-52-50-48-46-44-42-28-26-24-22-20-18-16-14-12-10-8-6-4-2/h50,52,58,60,69-72,75-78H,3-49,51,53-57,59,61-68H2,1-2H3,(H,74,79)/b52-50+,60-58+. The van der Waals surface area contributed by atoms with E-state index in [1.54, 1.807) is 0 Å². The minimum absolute atomic E-state index is 0.365. The zero-order valence-corrected chi connectivity index (χ0v) is 53.7. The number of carbonyl (C=O) groups excluding carboxylic acids is 1. The predicted octanol–water partition coefficient (Wildman–Crippen LogP) is 22.5. The molecule has 79 heavy (non-hydrogen) atoms. The number of hydrogen-bond donors (Lipinski definition) is 5. The Morgan fingerprint density at radius 2 is 0.532 bits per heavy atom. The fraction of sp³-hybridized carbons (Fsp3) is 0.932. The molecule has 6 heteroatoms. The molecule has 0 aliphatic carbocycles. The first kappa shape index (κ1) is 77.8. The minimum Gasteiger partial charge on any atom is -0.394 e. The van der Waals surface area contributed by atoms with Crippen molar-refractivity contribution < 1.29 is 25.2 Å². The second-order valence-electron chi connectivity index (χ2n) is 25.3. The van der Waals surface area contributed by atoms with Gasteiger partial charge in [0.25, 0.3) is 0 Å². The second kappa shape index (κ2) is 67.6. The number of hydrogen-bond acceptors (Lipinski definition) is 5. The molecule has 0 spiro atoms. The van der Waals surface area contributed by atoms with Gasteiger partial charge in [-0.2, -0.15) is 0 Å². The summed E-state index contributed by atoms with van der Waals surface area (Å²) in [6, 6.07) is -1.01. The van der Waals surface area contributed by atoms with Crippen molar-refractivity contribution in [3.05, 3.63) is 24.3 Å². The van der Waals surface area contributed by atoms with Crippen LogP contribution in [0.25, 0.3) is 0 Å². The van der Waals surface area contributed by atoms with Crippen LogP contribution >= 0.6 is 0 Å². The van der Waals surface area contributed by atoms with E-state index in [2.05, 4.69) is 43.5 Å². The van der Waals surface area contributed by atoms with Gasteiger partial charge in [0.05, 0.1) is 18.8 Å². The fourth-order valence-electron chi connectivity index (χ4n) is 11.8. The van der Waals surface area contributed by atoms with Crippen LogP contribution in [0.15, 0.2) is 24.3 Å². The van der Waals surface area contributed by atoms with Crippen LogP contribution in [-0.4, -0.2) is 57.3 Å². The van der Waals surface area contributed by atoms with Gasteiger partial charge in [-0.1, -0.05) is 378 Å². The largest absolute Gasteiger partial charge is 0.394 e. The van der Waals surface area contributed by atoms with Crippen LogP contribution in [0.1, 0.15) is 406 Å². The second-order valence-corrected chi connectivity index (χ2v) is 25.3. The molecule has 0 aromatic carbocycles. The summed E-state index contributed by atoms with van der Waals surface area (Å²) in [5.41, 5.74) is 0. The number of nitrogens with one attached hydrogen (secondary N) is 1. The zero-order chi connectivity index (χ0) is 57.3. The van der Waals surface area contributed by atoms with Gasteiger partial charge >= 0.3 is 0 Å². The molecule has 6 nitrogen and oxygen atoms in total. The van der Waals surface area contributed by atoms with E-state index < -0.39 is 36.9 Å². The molecule has 0 heterocycles. The lowest BCUT2D eigenvalue weighted by Gasteiger charge is -2.27. The monoisotopic (exact) mass is 1110 g/mol. The molecule has 0 aromatic rings. The minimum atomic E-state index is -1.29. The van der Waals surface area contributed by atoms with Gasteiger partial charge < -0.3 is 25.7 Å². The molecule has 0 aliphatic rings. The molecule has 4 unspecified atom stereocenters. The first-order valence-electron chi connectivity index (χ1n) is 36.2. The van der Waals surface area contributed by atoms with E-state index in [1.165, 1.54) is 334 Å². The highest BCUT2D eigenvalue weighted by molar-refractivity contribution is 5.80. The molecule has 0 bridgehead atoms. The summed E-state index contributed by atoms with van der Waals surface area (Å²) in [6.45, 7) is 4.10. The molecule has 0 aromatic heterocycles. The summed E-state index contributed by atoms with van der Waals surface area (Å²) < 4.78 is 0. The third kappa shape index (κ3) is 61.2. The third-order valence-corrected chi connectivity index (χ3v) is 17.4. The first-order valence-corrected chi connectivity index (χ1v) is 36.2. The summed E-state index contributed by atoms with van der Waals surface area (Å²) in [4.78, 5) is 12.7. The van der Waals surface area contributed by atoms with Crippen molar-refractivity contribution in [2.24, 2.45) is 0 Å². The lowest BCUT2D eigenvalue weighted by molar-refractivity contribution is -0.132. The quantitative estimate of drug-likeness (QED) is 0.0308. The van der Waals surface area contributed by atoms with E-state index in [0.29, 0.717) is 19.3 Å². The fourth-order valence-corrected chi connectivity index (χ4v) is 11.8. The summed E-state index contributed by atoms with van der Waals surface area (Å²) >= 11 is 0. The van der Waals surface area contributed by atoms with E-state index in [4.69, 9.17) is 0 Å². The van der Waals surface area contributed by atoms with Gasteiger partial charge in [0, 0.05) is 0 Å². The Kier molecular flexibility index (Phi) is 66.5. The lowest BCUT2D eigenvalue weighted by Crippen LogP contribution is -2.53. The summed E-state index contributed by atoms with van der Waals surface area (Å²) in [6.07, 6.45) is 86.2. The van der Waals surface area contributed by atoms with Crippen LogP contribution in [0.3, 0.4) is 0 Å². The van der Waals surface area contributed by atoms with E-state index in [1.807, 2.05) is 0 Å². The van der Waals surface area contributed by atoms with Crippen molar-refractivity contribution in [3.8, 4) is 0 Å². The van der Waals surface area contributed by atoms with Crippen molar-refractivity contribution in [2.45, 2.75) is 430 Å². The summed E-state index contributed by atoms with van der Waals surface area (Å²) in [7, 11) is 0. The molecule has 4 atom stereocenters. The van der Waals surface area contributed by atoms with E-state index in [-0.39, 0.29) is 0 Å². The number of rotatable bonds is 68. The maximum absolute atomic E-state index is 12.7. The molecule has 0 rings (SSSR count). The maximum Gasteiger partial charge on any atom is 0.249 e. The zero-order valence-electron chi connectivity index (χ0n) is 53.7. The number of aliphatic hydroxyl groups excluding tert-OH is 4. The number of amides is 1. The average Bonchev–Trinajstić information content (AvgIpc) is 3.45. The number of allylic oxidation sites excluding steroid dienone is 4. The molecule has 0 saturated heterocycles. The van der Waals surface area contributed by atoms with E-state index in [9.17, 15) is 25.2 Å². The number of carbonyl (C=O) groups is 1. The highest BCUT2D eigenvalue weighted by Crippen LogP contribution is 2.20. The molecule has 1 amide bonds. The van der Waals surface area contributed by atoms with Crippen molar-refractivity contribution in [1.29, 1.82) is 0 Å². The van der Waals surface area contributed by atoms with Gasteiger partial charge in [-0.3, -0.25) is 4.79 Å². The molecule has 0 saturated carbocycles. The van der Waals surface area contributed by atoms with Gasteiger partial charge in [-0.15, -0.1) is 0 Å². The van der Waals surface area contributed by atoms with E-state index >= 15 is 0 Å². The van der Waals surface area contributed by atoms with Gasteiger partial charge in [0.2, 0.25) is 5.91 Å². The van der Waals surface area contributed by atoms with Crippen LogP contribution in [0.2, 0.25) is 0 Å². The Bertz CT molecular complexity index is 1210. The van der Waals surface area contributed by atoms with Crippen LogP contribution in [0.5, 0.6) is 0 Å². The normalized spacial score (nSPS) is 13.5. The molecule has 0 aliphatic heterocycles. The van der Waals surface area contributed by atoms with Crippen LogP contribution in [-0.2, 0) is 4.79 Å². The van der Waals surface area contributed by atoms with Crippen LogP contribution in [0.4, 0.5) is 0 Å². The topological polar surface area (TPSA) is 110 Å². The van der Waals surface area contributed by atoms with Crippen LogP contribution < -0.4 is 5.32 Å². The molecular weight excluding hydrogens is 971 g/mol. The summed E-state index contributed by atoms with van der Waals surface area (Å²) in [5, 5.41) is 44.2. The van der Waals surface area contributed by atoms with Gasteiger partial charge in [-0.25, -0.2) is 0 Å². The third-order valence-electron chi connectivity index (χ3n) is 17.4. The lowest BCUT2D eigenvalue weighted by atomic mass is 10.00. The first-order chi connectivity index (χ1) is 39.0. The Morgan fingerprint density at radius 1 is 0.304 bits per heavy atom. The molecule has 0 radical (unpaired) electrons. The van der Waals surface area contributed by atoms with Crippen molar-refractivity contribution >= 4 is 5.91 Å². The average molecular weight is 1110 g/mol. The van der Waals surface area contributed by atoms with Crippen molar-refractivity contribution in [3.63, 3.8) is 0 Å². The smallest absolute Gasteiger partial charge is 0.249 e. The Balaban J connectivity index is 3.52. The van der Waals surface area contributed by atoms with Crippen LogP contribution in [0, 0.1) is 0 Å². The highest BCUT2D eigenvalue weighted by atomic mass is 16.3.